The molecule has 0 saturated heterocycles. The fourth-order valence-electron chi connectivity index (χ4n) is 8.17. The van der Waals surface area contributed by atoms with Crippen LogP contribution in [0.2, 0.25) is 6.82 Å². The molecule has 4 N–H and O–H groups in total. The maximum atomic E-state index is 12.6. The smallest absolute Gasteiger partial charge is 0.410 e. The van der Waals surface area contributed by atoms with Crippen molar-refractivity contribution in [1.29, 1.82) is 0 Å². The minimum atomic E-state index is -0.964. The number of carboxylic acid groups (broad SMARTS) is 2. The van der Waals surface area contributed by atoms with Crippen LogP contribution in [0.1, 0.15) is 135 Å². The topological polar surface area (TPSA) is 240 Å². The highest BCUT2D eigenvalue weighted by Crippen LogP contribution is 2.28. The maximum Gasteiger partial charge on any atom is 0.410 e. The van der Waals surface area contributed by atoms with E-state index in [0.717, 1.165) is 93.9 Å². The number of carbonyl (C=O) groups excluding carboxylic acids is 2. The fourth-order valence-corrected chi connectivity index (χ4v) is 8.17. The Balaban J connectivity index is 0.000000245. The zero-order valence-electron chi connectivity index (χ0n) is 37.9. The van der Waals surface area contributed by atoms with Gasteiger partial charge in [-0.3, -0.25) is 19.2 Å². The van der Waals surface area contributed by atoms with Crippen LogP contribution in [0.3, 0.4) is 0 Å². The number of carbonyl (C=O) groups is 4. The van der Waals surface area contributed by atoms with Crippen molar-refractivity contribution in [3.63, 3.8) is 0 Å². The van der Waals surface area contributed by atoms with Gasteiger partial charge in [0.05, 0.1) is 27.1 Å². The molecule has 0 unspecified atom stereocenters. The summed E-state index contributed by atoms with van der Waals surface area (Å²) in [5, 5.41) is 32.0. The average Bonchev–Trinajstić information content (AvgIpc) is 3.67. The molecule has 0 aliphatic carbocycles. The third-order valence-electron chi connectivity index (χ3n) is 11.7. The van der Waals surface area contributed by atoms with Crippen molar-refractivity contribution in [2.24, 2.45) is 0 Å². The van der Waals surface area contributed by atoms with Crippen LogP contribution in [0.5, 0.6) is 12.0 Å². The highest BCUT2D eigenvalue weighted by atomic mass is 16.5. The van der Waals surface area contributed by atoms with Crippen molar-refractivity contribution in [1.82, 2.24) is 29.9 Å². The molecule has 348 valence electrons. The number of Topliss-reactive ketones (excluding diaryl/α,β-unsaturated/α-hetero) is 2. The van der Waals surface area contributed by atoms with Gasteiger partial charge < -0.3 is 34.8 Å². The largest absolute Gasteiger partial charge is 0.481 e. The quantitative estimate of drug-likeness (QED) is 0.0452. The first-order valence-electron chi connectivity index (χ1n) is 22.8. The Kier molecular flexibility index (Phi) is 20.0. The number of aromatic nitrogens is 6. The predicted octanol–water partition coefficient (Wildman–Crippen LogP) is 6.62. The zero-order valence-corrected chi connectivity index (χ0v) is 37.9. The number of nitrogens with zero attached hydrogens (tertiary/aromatic N) is 7. The van der Waals surface area contributed by atoms with Crippen molar-refractivity contribution in [3.05, 3.63) is 82.7 Å². The van der Waals surface area contributed by atoms with Crippen molar-refractivity contribution in [2.45, 2.75) is 134 Å². The number of nitrogens with one attached hydrogen (secondary N) is 1. The third-order valence-corrected chi connectivity index (χ3v) is 11.7. The Morgan fingerprint density at radius 2 is 1.17 bits per heavy atom. The molecule has 0 fully saturated rings. The molecule has 4 aromatic heterocycles. The monoisotopic (exact) mass is 894 g/mol. The SMILES string of the molecule is COc1ncc([C@H](CC(=O)O)CC(=O)CCCCc2ccc3c(n2)N(B(C)O)CCCC3)cn1.COc1ncc([C@H](CC(=O)O)CC(=O)CCCCc2ccc3c(n2)NCCCC3)cn1. The van der Waals surface area contributed by atoms with Gasteiger partial charge in [-0.1, -0.05) is 12.1 Å². The summed E-state index contributed by atoms with van der Waals surface area (Å²) < 4.78 is 9.88. The molecule has 2 atom stereocenters. The lowest BCUT2D eigenvalue weighted by Gasteiger charge is -2.25. The Morgan fingerprint density at radius 1 is 0.677 bits per heavy atom. The van der Waals surface area contributed by atoms with E-state index in [1.54, 1.807) is 6.82 Å². The Bertz CT molecular complexity index is 2160. The lowest BCUT2D eigenvalue weighted by molar-refractivity contribution is -0.138. The number of fused-ring (bicyclic) bond motifs is 2. The van der Waals surface area contributed by atoms with E-state index in [4.69, 9.17) is 19.4 Å². The zero-order chi connectivity index (χ0) is 46.6. The van der Waals surface area contributed by atoms with Gasteiger partial charge >= 0.3 is 31.0 Å². The van der Waals surface area contributed by atoms with Crippen molar-refractivity contribution >= 4 is 42.2 Å². The molecule has 0 saturated carbocycles. The normalized spacial score (nSPS) is 14.1. The summed E-state index contributed by atoms with van der Waals surface area (Å²) in [7, 11) is 2.34. The van der Waals surface area contributed by atoms with Gasteiger partial charge in [-0.05, 0) is 118 Å². The number of unbranched alkanes of at least 4 members (excludes halogenated alkanes) is 2. The Labute approximate surface area is 381 Å². The molecule has 4 aromatic rings. The molecular formula is C47H63BN8O9. The first-order valence-corrected chi connectivity index (χ1v) is 22.8. The first-order chi connectivity index (χ1) is 31.4. The van der Waals surface area contributed by atoms with Crippen LogP contribution >= 0.6 is 0 Å². The molecule has 6 heterocycles. The Morgan fingerprint density at radius 3 is 1.68 bits per heavy atom. The molecule has 2 aliphatic heterocycles. The molecule has 2 aliphatic rings. The van der Waals surface area contributed by atoms with E-state index in [-0.39, 0.29) is 49.3 Å². The summed E-state index contributed by atoms with van der Waals surface area (Å²) in [6, 6.07) is 8.81. The second-order valence-corrected chi connectivity index (χ2v) is 16.8. The molecule has 18 heteroatoms. The van der Waals surface area contributed by atoms with E-state index in [1.165, 1.54) is 63.0 Å². The van der Waals surface area contributed by atoms with Gasteiger partial charge in [-0.15, -0.1) is 0 Å². The number of ether oxygens (including phenoxy) is 2. The number of rotatable bonds is 23. The predicted molar refractivity (Wildman–Crippen MR) is 246 cm³/mol. The van der Waals surface area contributed by atoms with Crippen LogP contribution < -0.4 is 19.6 Å². The van der Waals surface area contributed by atoms with Crippen molar-refractivity contribution < 1.29 is 43.9 Å². The fraction of sp³-hybridized carbons (Fsp3) is 0.532. The molecule has 17 nitrogen and oxygen atoms in total. The van der Waals surface area contributed by atoms with Crippen LogP contribution in [0, 0.1) is 0 Å². The number of ketones is 2. The lowest BCUT2D eigenvalue weighted by atomic mass is 9.84. The van der Waals surface area contributed by atoms with Gasteiger partial charge in [0.25, 0.3) is 0 Å². The minimum Gasteiger partial charge on any atom is -0.481 e. The third kappa shape index (κ3) is 16.5. The van der Waals surface area contributed by atoms with Crippen LogP contribution in [0.4, 0.5) is 11.6 Å². The van der Waals surface area contributed by atoms with Gasteiger partial charge in [-0.2, -0.15) is 0 Å². The second kappa shape index (κ2) is 26.1. The van der Waals surface area contributed by atoms with E-state index in [2.05, 4.69) is 43.5 Å². The van der Waals surface area contributed by atoms with Crippen LogP contribution in [0.15, 0.2) is 49.1 Å². The van der Waals surface area contributed by atoms with Gasteiger partial charge in [0.2, 0.25) is 0 Å². The maximum absolute atomic E-state index is 12.6. The summed E-state index contributed by atoms with van der Waals surface area (Å²) in [5.41, 5.74) is 5.71. The summed E-state index contributed by atoms with van der Waals surface area (Å²) in [6.07, 6.45) is 18.2. The Hall–Kier alpha value is -6.04. The second-order valence-electron chi connectivity index (χ2n) is 16.8. The molecule has 0 spiro atoms. The lowest BCUT2D eigenvalue weighted by Crippen LogP contribution is -2.38. The molecule has 6 rings (SSSR count). The van der Waals surface area contributed by atoms with Gasteiger partial charge in [-0.25, -0.2) is 29.9 Å². The van der Waals surface area contributed by atoms with Gasteiger partial charge in [0.15, 0.2) is 0 Å². The van der Waals surface area contributed by atoms with Gasteiger partial charge in [0, 0.05) is 86.8 Å². The number of pyridine rings is 2. The molecule has 0 aromatic carbocycles. The number of carboxylic acids is 2. The molecule has 0 amide bonds. The average molecular weight is 895 g/mol. The van der Waals surface area contributed by atoms with Crippen molar-refractivity contribution in [3.8, 4) is 12.0 Å². The van der Waals surface area contributed by atoms with Gasteiger partial charge in [0.1, 0.15) is 23.2 Å². The molecular weight excluding hydrogens is 831 g/mol. The summed E-state index contributed by atoms with van der Waals surface area (Å²) in [5.74, 6) is -0.855. The minimum absolute atomic E-state index is 0.0252. The summed E-state index contributed by atoms with van der Waals surface area (Å²) in [6.45, 7) is 3.53. The molecule has 0 bridgehead atoms. The van der Waals surface area contributed by atoms with E-state index in [9.17, 15) is 34.4 Å². The first kappa shape index (κ1) is 50.0. The molecule has 0 radical (unpaired) electrons. The number of anilines is 2. The van der Waals surface area contributed by atoms with Crippen LogP contribution in [0.25, 0.3) is 0 Å². The highest BCUT2D eigenvalue weighted by Gasteiger charge is 2.25. The van der Waals surface area contributed by atoms with E-state index < -0.39 is 30.8 Å². The molecule has 65 heavy (non-hydrogen) atoms. The van der Waals surface area contributed by atoms with E-state index in [0.29, 0.717) is 30.4 Å². The number of hydrogen-bond acceptors (Lipinski definition) is 15. The highest BCUT2D eigenvalue weighted by molar-refractivity contribution is 6.53. The summed E-state index contributed by atoms with van der Waals surface area (Å²) in [4.78, 5) is 75.2. The number of aliphatic carboxylic acids is 2. The number of hydrogen-bond donors (Lipinski definition) is 4. The number of methoxy groups -OCH3 is 2. The van der Waals surface area contributed by atoms with Crippen LogP contribution in [-0.2, 0) is 44.9 Å². The van der Waals surface area contributed by atoms with Crippen molar-refractivity contribution in [2.75, 3.05) is 37.4 Å². The van der Waals surface area contributed by atoms with E-state index in [1.807, 2.05) is 10.9 Å². The summed E-state index contributed by atoms with van der Waals surface area (Å²) >= 11 is 0. The standard InChI is InChI=1S/C24H33BN4O5.C23H30N4O4/c1-25(33)29-12-6-5-7-17-10-11-20(28-23(17)29)8-3-4-9-21(30)13-18(14-22(31)32)19-15-26-24(34-2)27-16-19;1-31-23-25-14-18(15-26-23)17(13-21(29)30)12-20(28)8-3-2-7-19-10-9-16-6-4-5-11-24-22(16)27-19/h10-11,15-16,18,33H,3-9,12-14H2,1-2H3,(H,31,32);9-10,14-15,17H,2-8,11-13H2,1H3,(H,24,27)(H,29,30)/t18-;17-/m00/s1. The van der Waals surface area contributed by atoms with Crippen LogP contribution in [-0.4, -0.2) is 103 Å². The number of aryl methyl sites for hydroxylation is 4. The van der Waals surface area contributed by atoms with E-state index >= 15 is 0 Å².